The summed E-state index contributed by atoms with van der Waals surface area (Å²) in [5, 5.41) is 0. The molecule has 1 aliphatic rings. The Labute approximate surface area is 103 Å². The van der Waals surface area contributed by atoms with Gasteiger partial charge >= 0.3 is 0 Å². The average Bonchev–Trinajstić information content (AvgIpc) is 2.27. The predicted molar refractivity (Wildman–Crippen MR) is 73.6 cm³/mol. The molecule has 0 nitrogen and oxygen atoms in total. The second-order valence-electron chi connectivity index (χ2n) is 6.29. The van der Waals surface area contributed by atoms with Crippen molar-refractivity contribution >= 4 is 0 Å². The van der Waals surface area contributed by atoms with E-state index in [0.29, 0.717) is 0 Å². The van der Waals surface area contributed by atoms with E-state index in [0.717, 1.165) is 23.7 Å². The Morgan fingerprint density at radius 1 is 1.06 bits per heavy atom. The number of unbranched alkanes of at least 4 members (excludes halogenated alkanes) is 1. The summed E-state index contributed by atoms with van der Waals surface area (Å²) >= 11 is 0. The summed E-state index contributed by atoms with van der Waals surface area (Å²) in [6.45, 7) is 9.54. The van der Waals surface area contributed by atoms with Crippen LogP contribution in [0.15, 0.2) is 0 Å². The summed E-state index contributed by atoms with van der Waals surface area (Å²) in [6, 6.07) is 0. The largest absolute Gasteiger partial charge is 0.0654 e. The maximum Gasteiger partial charge on any atom is -0.0355 e. The monoisotopic (exact) mass is 224 g/mol. The van der Waals surface area contributed by atoms with Gasteiger partial charge in [0, 0.05) is 0 Å². The zero-order valence-corrected chi connectivity index (χ0v) is 12.0. The minimum Gasteiger partial charge on any atom is -0.0654 e. The highest BCUT2D eigenvalue weighted by Gasteiger charge is 2.31. The molecule has 0 heteroatoms. The normalized spacial score (nSPS) is 30.9. The molecule has 0 N–H and O–H groups in total. The first-order chi connectivity index (χ1) is 7.69. The van der Waals surface area contributed by atoms with Crippen LogP contribution in [0.25, 0.3) is 0 Å². The molecule has 0 spiro atoms. The molecule has 0 bridgehead atoms. The molecule has 16 heavy (non-hydrogen) atoms. The fraction of sp³-hybridized carbons (Fsp3) is 1.00. The third kappa shape index (κ3) is 4.11. The Kier molecular flexibility index (Phi) is 6.46. The Morgan fingerprint density at radius 2 is 1.75 bits per heavy atom. The lowest BCUT2D eigenvalue weighted by Gasteiger charge is -2.39. The standard InChI is InChI=1S/C16H32/c1-5-7-9-15-11-8-10-14(6-2)16(15)12-13(3)4/h13-16H,5-12H2,1-4H3. The van der Waals surface area contributed by atoms with E-state index in [2.05, 4.69) is 27.7 Å². The van der Waals surface area contributed by atoms with Crippen molar-refractivity contribution in [3.63, 3.8) is 0 Å². The molecule has 1 aliphatic carbocycles. The molecule has 3 atom stereocenters. The smallest absolute Gasteiger partial charge is 0.0355 e. The fourth-order valence-corrected chi connectivity index (χ4v) is 3.72. The highest BCUT2D eigenvalue weighted by molar-refractivity contribution is 4.82. The average molecular weight is 224 g/mol. The molecule has 0 aliphatic heterocycles. The third-order valence-electron chi connectivity index (χ3n) is 4.56. The van der Waals surface area contributed by atoms with Gasteiger partial charge in [-0.25, -0.2) is 0 Å². The number of hydrogen-bond acceptors (Lipinski definition) is 0. The van der Waals surface area contributed by atoms with Crippen LogP contribution < -0.4 is 0 Å². The minimum absolute atomic E-state index is 0.890. The predicted octanol–water partition coefficient (Wildman–Crippen LogP) is 5.67. The van der Waals surface area contributed by atoms with Gasteiger partial charge in [-0.1, -0.05) is 72.6 Å². The lowest BCUT2D eigenvalue weighted by molar-refractivity contribution is 0.115. The molecule has 96 valence electrons. The van der Waals surface area contributed by atoms with E-state index in [9.17, 15) is 0 Å². The van der Waals surface area contributed by atoms with E-state index in [1.807, 2.05) is 0 Å². The van der Waals surface area contributed by atoms with Crippen molar-refractivity contribution in [3.8, 4) is 0 Å². The molecule has 1 saturated carbocycles. The lowest BCUT2D eigenvalue weighted by atomic mass is 9.66. The van der Waals surface area contributed by atoms with Gasteiger partial charge in [-0.15, -0.1) is 0 Å². The van der Waals surface area contributed by atoms with E-state index in [4.69, 9.17) is 0 Å². The molecule has 0 amide bonds. The van der Waals surface area contributed by atoms with E-state index >= 15 is 0 Å². The highest BCUT2D eigenvalue weighted by Crippen LogP contribution is 2.42. The summed E-state index contributed by atoms with van der Waals surface area (Å²) in [5.41, 5.74) is 0. The molecule has 0 aromatic rings. The SMILES string of the molecule is CCCCC1CCCC(CC)C1CC(C)C. The third-order valence-corrected chi connectivity index (χ3v) is 4.56. The first-order valence-electron chi connectivity index (χ1n) is 7.69. The molecule has 3 unspecified atom stereocenters. The first-order valence-corrected chi connectivity index (χ1v) is 7.69. The van der Waals surface area contributed by atoms with Crippen LogP contribution >= 0.6 is 0 Å². The summed E-state index contributed by atoms with van der Waals surface area (Å²) in [5.74, 6) is 4.03. The van der Waals surface area contributed by atoms with Gasteiger partial charge in [0.15, 0.2) is 0 Å². The minimum atomic E-state index is 0.890. The lowest BCUT2D eigenvalue weighted by Crippen LogP contribution is -2.29. The highest BCUT2D eigenvalue weighted by atomic mass is 14.4. The molecule has 0 heterocycles. The maximum atomic E-state index is 2.40. The quantitative estimate of drug-likeness (QED) is 0.545. The summed E-state index contributed by atoms with van der Waals surface area (Å²) in [4.78, 5) is 0. The second-order valence-corrected chi connectivity index (χ2v) is 6.29. The van der Waals surface area contributed by atoms with Gasteiger partial charge in [0.1, 0.15) is 0 Å². The van der Waals surface area contributed by atoms with Crippen LogP contribution in [-0.4, -0.2) is 0 Å². The van der Waals surface area contributed by atoms with E-state index < -0.39 is 0 Å². The van der Waals surface area contributed by atoms with Crippen molar-refractivity contribution in [1.82, 2.24) is 0 Å². The molecular weight excluding hydrogens is 192 g/mol. The van der Waals surface area contributed by atoms with Gasteiger partial charge in [-0.05, 0) is 30.1 Å². The van der Waals surface area contributed by atoms with Crippen LogP contribution in [0, 0.1) is 23.7 Å². The van der Waals surface area contributed by atoms with Gasteiger partial charge in [-0.2, -0.15) is 0 Å². The first kappa shape index (κ1) is 14.1. The molecule has 0 aromatic heterocycles. The van der Waals surface area contributed by atoms with E-state index in [1.54, 1.807) is 0 Å². The Bertz CT molecular complexity index is 171. The van der Waals surface area contributed by atoms with Crippen LogP contribution in [0.4, 0.5) is 0 Å². The van der Waals surface area contributed by atoms with Gasteiger partial charge in [0.05, 0.1) is 0 Å². The molecule has 0 saturated heterocycles. The van der Waals surface area contributed by atoms with Crippen molar-refractivity contribution in [1.29, 1.82) is 0 Å². The summed E-state index contributed by atoms with van der Waals surface area (Å²) < 4.78 is 0. The van der Waals surface area contributed by atoms with Crippen molar-refractivity contribution < 1.29 is 0 Å². The van der Waals surface area contributed by atoms with Gasteiger partial charge in [0.25, 0.3) is 0 Å². The topological polar surface area (TPSA) is 0 Å². The van der Waals surface area contributed by atoms with Crippen LogP contribution in [0.1, 0.15) is 79.1 Å². The van der Waals surface area contributed by atoms with Gasteiger partial charge in [0.2, 0.25) is 0 Å². The number of hydrogen-bond donors (Lipinski definition) is 0. The van der Waals surface area contributed by atoms with E-state index in [1.165, 1.54) is 51.4 Å². The Balaban J connectivity index is 2.55. The molecule has 1 rings (SSSR count). The van der Waals surface area contributed by atoms with Crippen molar-refractivity contribution in [3.05, 3.63) is 0 Å². The van der Waals surface area contributed by atoms with Gasteiger partial charge in [-0.3, -0.25) is 0 Å². The fourth-order valence-electron chi connectivity index (χ4n) is 3.72. The summed E-state index contributed by atoms with van der Waals surface area (Å²) in [6.07, 6.45) is 11.8. The van der Waals surface area contributed by atoms with Gasteiger partial charge < -0.3 is 0 Å². The molecule has 1 fully saturated rings. The Morgan fingerprint density at radius 3 is 2.31 bits per heavy atom. The zero-order chi connectivity index (χ0) is 12.0. The second kappa shape index (κ2) is 7.35. The van der Waals surface area contributed by atoms with E-state index in [-0.39, 0.29) is 0 Å². The molecular formula is C16H32. The van der Waals surface area contributed by atoms with Crippen molar-refractivity contribution in [2.24, 2.45) is 23.7 Å². The van der Waals surface area contributed by atoms with Crippen LogP contribution in [0.2, 0.25) is 0 Å². The van der Waals surface area contributed by atoms with Crippen molar-refractivity contribution in [2.75, 3.05) is 0 Å². The van der Waals surface area contributed by atoms with Crippen LogP contribution in [0.5, 0.6) is 0 Å². The summed E-state index contributed by atoms with van der Waals surface area (Å²) in [7, 11) is 0. The van der Waals surface area contributed by atoms with Crippen molar-refractivity contribution in [2.45, 2.75) is 79.1 Å². The number of rotatable bonds is 6. The van der Waals surface area contributed by atoms with Crippen LogP contribution in [-0.2, 0) is 0 Å². The maximum absolute atomic E-state index is 2.40. The molecule has 0 aromatic carbocycles. The molecule has 0 radical (unpaired) electrons. The Hall–Kier alpha value is 0. The zero-order valence-electron chi connectivity index (χ0n) is 12.0. The van der Waals surface area contributed by atoms with Crippen LogP contribution in [0.3, 0.4) is 0 Å².